The molecular formula is C17H16FN3OS. The van der Waals surface area contributed by atoms with Crippen LogP contribution in [0, 0.1) is 17.1 Å². The van der Waals surface area contributed by atoms with Crippen LogP contribution < -0.4 is 5.32 Å². The van der Waals surface area contributed by atoms with Gasteiger partial charge < -0.3 is 5.32 Å². The molecule has 0 unspecified atom stereocenters. The Kier molecular flexibility index (Phi) is 4.39. The third-order valence-electron chi connectivity index (χ3n) is 4.07. The van der Waals surface area contributed by atoms with E-state index in [0.29, 0.717) is 24.1 Å². The molecule has 6 heteroatoms. The number of halogens is 1. The first-order chi connectivity index (χ1) is 11.1. The fraction of sp³-hybridized carbons (Fsp3) is 0.353. The zero-order valence-electron chi connectivity index (χ0n) is 12.5. The Balaban J connectivity index is 1.68. The van der Waals surface area contributed by atoms with Gasteiger partial charge in [0, 0.05) is 6.42 Å². The van der Waals surface area contributed by atoms with Crippen LogP contribution in [0.5, 0.6) is 0 Å². The number of aromatic nitrogens is 1. The summed E-state index contributed by atoms with van der Waals surface area (Å²) in [7, 11) is 0. The van der Waals surface area contributed by atoms with E-state index in [1.807, 2.05) is 0 Å². The normalized spacial score (nSPS) is 16.0. The van der Waals surface area contributed by atoms with Gasteiger partial charge in [-0.15, -0.1) is 11.3 Å². The standard InChI is InChI=1S/C17H16FN3OS/c18-13-5-3-12(4-6-13)9-15-20-10-14(23-15)16(22)21-17(11-19)7-1-2-8-17/h3-6,10H,1-2,7-9H2,(H,21,22). The summed E-state index contributed by atoms with van der Waals surface area (Å²) in [6, 6.07) is 8.48. The predicted molar refractivity (Wildman–Crippen MR) is 85.6 cm³/mol. The van der Waals surface area contributed by atoms with Gasteiger partial charge in [-0.3, -0.25) is 4.79 Å². The number of rotatable bonds is 4. The first kappa shape index (κ1) is 15.6. The Morgan fingerprint density at radius 1 is 1.35 bits per heavy atom. The highest BCUT2D eigenvalue weighted by Gasteiger charge is 2.35. The molecular weight excluding hydrogens is 313 g/mol. The SMILES string of the molecule is N#CC1(NC(=O)c2cnc(Cc3ccc(F)cc3)s2)CCCC1. The van der Waals surface area contributed by atoms with Crippen molar-refractivity contribution < 1.29 is 9.18 Å². The summed E-state index contributed by atoms with van der Waals surface area (Å²) >= 11 is 1.31. The zero-order valence-corrected chi connectivity index (χ0v) is 13.3. The average molecular weight is 329 g/mol. The van der Waals surface area contributed by atoms with Crippen molar-refractivity contribution in [1.82, 2.24) is 10.3 Å². The van der Waals surface area contributed by atoms with E-state index in [-0.39, 0.29) is 11.7 Å². The van der Waals surface area contributed by atoms with Crippen molar-refractivity contribution in [3.63, 3.8) is 0 Å². The van der Waals surface area contributed by atoms with Gasteiger partial charge in [-0.1, -0.05) is 12.1 Å². The molecule has 2 aromatic rings. The Labute approximate surface area is 138 Å². The number of hydrogen-bond donors (Lipinski definition) is 1. The zero-order chi connectivity index (χ0) is 16.3. The third kappa shape index (κ3) is 3.57. The first-order valence-corrected chi connectivity index (χ1v) is 8.35. The molecule has 23 heavy (non-hydrogen) atoms. The highest BCUT2D eigenvalue weighted by atomic mass is 32.1. The van der Waals surface area contributed by atoms with Crippen LogP contribution in [0.2, 0.25) is 0 Å². The number of carbonyl (C=O) groups excluding carboxylic acids is 1. The molecule has 0 bridgehead atoms. The Morgan fingerprint density at radius 2 is 2.04 bits per heavy atom. The molecule has 1 aromatic heterocycles. The molecule has 1 fully saturated rings. The van der Waals surface area contributed by atoms with Gasteiger partial charge >= 0.3 is 0 Å². The Bertz CT molecular complexity index is 742. The van der Waals surface area contributed by atoms with Gasteiger partial charge in [-0.2, -0.15) is 5.26 Å². The molecule has 118 valence electrons. The molecule has 4 nitrogen and oxygen atoms in total. The Morgan fingerprint density at radius 3 is 2.70 bits per heavy atom. The van der Waals surface area contributed by atoms with Crippen molar-refractivity contribution in [3.05, 3.63) is 51.7 Å². The summed E-state index contributed by atoms with van der Waals surface area (Å²) in [4.78, 5) is 17.1. The molecule has 0 saturated heterocycles. The minimum atomic E-state index is -0.724. The van der Waals surface area contributed by atoms with Crippen LogP contribution >= 0.6 is 11.3 Å². The van der Waals surface area contributed by atoms with Crippen molar-refractivity contribution >= 4 is 17.2 Å². The van der Waals surface area contributed by atoms with E-state index < -0.39 is 5.54 Å². The molecule has 0 spiro atoms. The number of amides is 1. The summed E-state index contributed by atoms with van der Waals surface area (Å²) < 4.78 is 12.9. The maximum Gasteiger partial charge on any atom is 0.264 e. The third-order valence-corrected chi connectivity index (χ3v) is 5.07. The number of benzene rings is 1. The van der Waals surface area contributed by atoms with Crippen LogP contribution in [0.1, 0.15) is 45.9 Å². The van der Waals surface area contributed by atoms with Gasteiger partial charge in [0.25, 0.3) is 5.91 Å². The minimum absolute atomic E-state index is 0.240. The minimum Gasteiger partial charge on any atom is -0.333 e. The molecule has 1 aliphatic rings. The summed E-state index contributed by atoms with van der Waals surface area (Å²) in [5.41, 5.74) is 0.218. The van der Waals surface area contributed by atoms with E-state index in [9.17, 15) is 14.4 Å². The van der Waals surface area contributed by atoms with Crippen LogP contribution in [0.15, 0.2) is 30.5 Å². The van der Waals surface area contributed by atoms with Gasteiger partial charge in [0.2, 0.25) is 0 Å². The Hall–Kier alpha value is -2.26. The first-order valence-electron chi connectivity index (χ1n) is 7.53. The molecule has 1 heterocycles. The van der Waals surface area contributed by atoms with Gasteiger partial charge in [0.05, 0.1) is 17.3 Å². The molecule has 1 saturated carbocycles. The largest absolute Gasteiger partial charge is 0.333 e. The van der Waals surface area contributed by atoms with E-state index in [0.717, 1.165) is 23.4 Å². The van der Waals surface area contributed by atoms with Crippen LogP contribution in [0.4, 0.5) is 4.39 Å². The molecule has 1 aromatic carbocycles. The molecule has 0 aliphatic heterocycles. The van der Waals surface area contributed by atoms with Crippen molar-refractivity contribution in [2.24, 2.45) is 0 Å². The lowest BCUT2D eigenvalue weighted by Gasteiger charge is -2.21. The summed E-state index contributed by atoms with van der Waals surface area (Å²) in [6.45, 7) is 0. The number of nitrogens with zero attached hydrogens (tertiary/aromatic N) is 2. The number of carbonyl (C=O) groups is 1. The van der Waals surface area contributed by atoms with Crippen LogP contribution in [0.3, 0.4) is 0 Å². The van der Waals surface area contributed by atoms with E-state index >= 15 is 0 Å². The van der Waals surface area contributed by atoms with Gasteiger partial charge in [0.1, 0.15) is 16.2 Å². The number of nitriles is 1. The van der Waals surface area contributed by atoms with Gasteiger partial charge in [0.15, 0.2) is 0 Å². The van der Waals surface area contributed by atoms with E-state index in [1.165, 1.54) is 23.5 Å². The van der Waals surface area contributed by atoms with E-state index in [2.05, 4.69) is 16.4 Å². The molecule has 1 N–H and O–H groups in total. The van der Waals surface area contributed by atoms with E-state index in [4.69, 9.17) is 0 Å². The quantitative estimate of drug-likeness (QED) is 0.934. The maximum absolute atomic E-state index is 12.9. The highest BCUT2D eigenvalue weighted by Crippen LogP contribution is 2.29. The molecule has 1 aliphatic carbocycles. The summed E-state index contributed by atoms with van der Waals surface area (Å²) in [5.74, 6) is -0.511. The molecule has 0 atom stereocenters. The smallest absolute Gasteiger partial charge is 0.264 e. The number of nitrogens with one attached hydrogen (secondary N) is 1. The van der Waals surface area contributed by atoms with Gasteiger partial charge in [-0.05, 0) is 43.4 Å². The summed E-state index contributed by atoms with van der Waals surface area (Å²) in [6.07, 6.45) is 5.44. The number of hydrogen-bond acceptors (Lipinski definition) is 4. The predicted octanol–water partition coefficient (Wildman–Crippen LogP) is 3.44. The van der Waals surface area contributed by atoms with Crippen LogP contribution in [-0.2, 0) is 6.42 Å². The lowest BCUT2D eigenvalue weighted by Crippen LogP contribution is -2.44. The fourth-order valence-electron chi connectivity index (χ4n) is 2.80. The second kappa shape index (κ2) is 6.47. The average Bonchev–Trinajstić information content (AvgIpc) is 3.20. The van der Waals surface area contributed by atoms with Gasteiger partial charge in [-0.25, -0.2) is 9.37 Å². The summed E-state index contributed by atoms with van der Waals surface area (Å²) in [5, 5.41) is 13.0. The number of thiazole rings is 1. The molecule has 3 rings (SSSR count). The fourth-order valence-corrected chi connectivity index (χ4v) is 3.64. The van der Waals surface area contributed by atoms with Crippen molar-refractivity contribution in [2.75, 3.05) is 0 Å². The second-order valence-electron chi connectivity index (χ2n) is 5.78. The van der Waals surface area contributed by atoms with Crippen molar-refractivity contribution in [2.45, 2.75) is 37.6 Å². The monoisotopic (exact) mass is 329 g/mol. The lowest BCUT2D eigenvalue weighted by atomic mass is 10.00. The van der Waals surface area contributed by atoms with Crippen molar-refractivity contribution in [3.8, 4) is 6.07 Å². The maximum atomic E-state index is 12.9. The van der Waals surface area contributed by atoms with Crippen LogP contribution in [0.25, 0.3) is 0 Å². The molecule has 0 radical (unpaired) electrons. The lowest BCUT2D eigenvalue weighted by molar-refractivity contribution is 0.0924. The second-order valence-corrected chi connectivity index (χ2v) is 6.89. The van der Waals surface area contributed by atoms with Crippen LogP contribution in [-0.4, -0.2) is 16.4 Å². The van der Waals surface area contributed by atoms with Crippen molar-refractivity contribution in [1.29, 1.82) is 5.26 Å². The molecule has 1 amide bonds. The topological polar surface area (TPSA) is 65.8 Å². The van der Waals surface area contributed by atoms with E-state index in [1.54, 1.807) is 18.3 Å². The highest BCUT2D eigenvalue weighted by molar-refractivity contribution is 7.13.